The second-order valence-corrected chi connectivity index (χ2v) is 8.25. The highest BCUT2D eigenvalue weighted by molar-refractivity contribution is 7.99. The molecule has 2 N–H and O–H groups in total. The molecule has 4 rings (SSSR count). The Labute approximate surface area is 169 Å². The van der Waals surface area contributed by atoms with Gasteiger partial charge >= 0.3 is 0 Å². The molecule has 7 heteroatoms. The van der Waals surface area contributed by atoms with Gasteiger partial charge in [0.1, 0.15) is 0 Å². The van der Waals surface area contributed by atoms with Crippen molar-refractivity contribution in [2.45, 2.75) is 43.8 Å². The molecule has 1 fully saturated rings. The first kappa shape index (κ1) is 18.8. The highest BCUT2D eigenvalue weighted by Gasteiger charge is 2.23. The molecular formula is C21H25N5OS. The highest BCUT2D eigenvalue weighted by atomic mass is 32.2. The molecule has 0 aliphatic carbocycles. The Bertz CT molecular complexity index is 981. The molecule has 0 spiro atoms. The minimum atomic E-state index is 0.149. The van der Waals surface area contributed by atoms with Gasteiger partial charge in [0.05, 0.1) is 5.75 Å². The summed E-state index contributed by atoms with van der Waals surface area (Å²) < 4.78 is 1.51. The van der Waals surface area contributed by atoms with Crippen LogP contribution in [0.3, 0.4) is 0 Å². The summed E-state index contributed by atoms with van der Waals surface area (Å²) in [7, 11) is 0. The molecule has 1 amide bonds. The number of hydrogen-bond donors (Lipinski definition) is 1. The van der Waals surface area contributed by atoms with Gasteiger partial charge in [0.15, 0.2) is 5.82 Å². The van der Waals surface area contributed by atoms with Crippen molar-refractivity contribution in [2.24, 2.45) is 0 Å². The molecular weight excluding hydrogens is 370 g/mol. The van der Waals surface area contributed by atoms with E-state index in [0.29, 0.717) is 29.2 Å². The predicted octanol–water partition coefficient (Wildman–Crippen LogP) is 3.23. The number of carbonyl (C=O) groups excluding carboxylic acids is 1. The Morgan fingerprint density at radius 2 is 2.00 bits per heavy atom. The average molecular weight is 396 g/mol. The van der Waals surface area contributed by atoms with E-state index >= 15 is 0 Å². The summed E-state index contributed by atoms with van der Waals surface area (Å²) in [4.78, 5) is 14.5. The van der Waals surface area contributed by atoms with E-state index in [1.807, 2.05) is 23.1 Å². The van der Waals surface area contributed by atoms with Crippen LogP contribution in [0.25, 0.3) is 10.8 Å². The highest BCUT2D eigenvalue weighted by Crippen LogP contribution is 2.23. The fourth-order valence-corrected chi connectivity index (χ4v) is 4.58. The van der Waals surface area contributed by atoms with Crippen molar-refractivity contribution in [3.8, 4) is 0 Å². The third-order valence-corrected chi connectivity index (χ3v) is 6.34. The summed E-state index contributed by atoms with van der Waals surface area (Å²) in [5.41, 5.74) is 1.16. The number of amides is 1. The quantitative estimate of drug-likeness (QED) is 0.530. The number of nitrogens with two attached hydrogens (primary N) is 1. The monoisotopic (exact) mass is 395 g/mol. The van der Waals surface area contributed by atoms with E-state index in [-0.39, 0.29) is 5.91 Å². The van der Waals surface area contributed by atoms with Gasteiger partial charge in [-0.2, -0.15) is 0 Å². The van der Waals surface area contributed by atoms with Crippen LogP contribution >= 0.6 is 11.8 Å². The van der Waals surface area contributed by atoms with Crippen LogP contribution in [0.15, 0.2) is 47.6 Å². The van der Waals surface area contributed by atoms with E-state index in [9.17, 15) is 4.79 Å². The zero-order chi connectivity index (χ0) is 19.5. The second-order valence-electron chi connectivity index (χ2n) is 7.30. The molecule has 2 heterocycles. The van der Waals surface area contributed by atoms with Gasteiger partial charge < -0.3 is 10.7 Å². The van der Waals surface area contributed by atoms with Crippen LogP contribution in [0.1, 0.15) is 37.6 Å². The van der Waals surface area contributed by atoms with E-state index in [0.717, 1.165) is 24.9 Å². The molecule has 6 nitrogen and oxygen atoms in total. The molecule has 0 saturated carbocycles. The molecule has 0 bridgehead atoms. The van der Waals surface area contributed by atoms with Gasteiger partial charge in [-0.15, -0.1) is 10.2 Å². The lowest BCUT2D eigenvalue weighted by Crippen LogP contribution is -2.43. The van der Waals surface area contributed by atoms with Crippen LogP contribution in [-0.4, -0.2) is 44.0 Å². The second kappa shape index (κ2) is 8.22. The Morgan fingerprint density at radius 1 is 1.18 bits per heavy atom. The molecule has 1 atom stereocenters. The number of nitrogens with zero attached hydrogens (tertiary/aromatic N) is 4. The third kappa shape index (κ3) is 3.85. The Balaban J connectivity index is 1.45. The maximum Gasteiger partial charge on any atom is 0.233 e. The number of carbonyl (C=O) groups is 1. The zero-order valence-corrected chi connectivity index (χ0v) is 16.9. The molecule has 3 aromatic rings. The summed E-state index contributed by atoms with van der Waals surface area (Å²) in [6.45, 7) is 2.97. The van der Waals surface area contributed by atoms with Crippen LogP contribution < -0.4 is 5.84 Å². The summed E-state index contributed by atoms with van der Waals surface area (Å²) >= 11 is 1.36. The van der Waals surface area contributed by atoms with E-state index in [4.69, 9.17) is 5.84 Å². The fraction of sp³-hybridized carbons (Fsp3) is 0.381. The lowest BCUT2D eigenvalue weighted by molar-refractivity contribution is -0.131. The molecule has 1 saturated heterocycles. The van der Waals surface area contributed by atoms with E-state index in [1.54, 1.807) is 0 Å². The number of thioether (sulfide) groups is 1. The maximum absolute atomic E-state index is 12.5. The minimum Gasteiger partial charge on any atom is -0.339 e. The smallest absolute Gasteiger partial charge is 0.233 e. The maximum atomic E-state index is 12.5. The average Bonchev–Trinajstić information content (AvgIpc) is 3.06. The molecule has 28 heavy (non-hydrogen) atoms. The molecule has 1 aromatic heterocycles. The first-order chi connectivity index (χ1) is 13.6. The number of benzene rings is 2. The topological polar surface area (TPSA) is 77.0 Å². The molecule has 1 aliphatic rings. The Hall–Kier alpha value is -2.54. The third-order valence-electron chi connectivity index (χ3n) is 5.41. The number of rotatable bonds is 5. The largest absolute Gasteiger partial charge is 0.339 e. The van der Waals surface area contributed by atoms with Crippen molar-refractivity contribution in [2.75, 3.05) is 18.1 Å². The van der Waals surface area contributed by atoms with Crippen molar-refractivity contribution in [3.63, 3.8) is 0 Å². The number of hydrogen-bond acceptors (Lipinski definition) is 5. The molecule has 0 radical (unpaired) electrons. The predicted molar refractivity (Wildman–Crippen MR) is 113 cm³/mol. The van der Waals surface area contributed by atoms with Crippen molar-refractivity contribution < 1.29 is 4.79 Å². The van der Waals surface area contributed by atoms with Crippen molar-refractivity contribution in [3.05, 3.63) is 53.9 Å². The van der Waals surface area contributed by atoms with E-state index < -0.39 is 0 Å². The van der Waals surface area contributed by atoms with Crippen LogP contribution in [0.4, 0.5) is 0 Å². The molecule has 146 valence electrons. The van der Waals surface area contributed by atoms with Gasteiger partial charge in [-0.1, -0.05) is 54.2 Å². The summed E-state index contributed by atoms with van der Waals surface area (Å²) in [5, 5.41) is 11.4. The fourth-order valence-electron chi connectivity index (χ4n) is 3.82. The van der Waals surface area contributed by atoms with E-state index in [1.165, 1.54) is 33.6 Å². The van der Waals surface area contributed by atoms with Crippen molar-refractivity contribution in [1.29, 1.82) is 0 Å². The summed E-state index contributed by atoms with van der Waals surface area (Å²) in [6.07, 6.45) is 3.97. The number of likely N-dealkylation sites (tertiary alicyclic amines) is 1. The normalized spacial score (nSPS) is 17.2. The van der Waals surface area contributed by atoms with Gasteiger partial charge in [-0.05, 0) is 42.5 Å². The minimum absolute atomic E-state index is 0.149. The first-order valence-electron chi connectivity index (χ1n) is 9.72. The van der Waals surface area contributed by atoms with Crippen molar-refractivity contribution >= 4 is 28.4 Å². The summed E-state index contributed by atoms with van der Waals surface area (Å²) in [6, 6.07) is 14.8. The SMILES string of the molecule is C[C@@H]1CCCCN1C(=O)CSc1nnc(Cc2cccc3ccccc23)n1N. The number of aromatic nitrogens is 3. The van der Waals surface area contributed by atoms with Gasteiger partial charge in [0, 0.05) is 19.0 Å². The van der Waals surface area contributed by atoms with Gasteiger partial charge in [-0.25, -0.2) is 4.68 Å². The van der Waals surface area contributed by atoms with Crippen LogP contribution in [0.5, 0.6) is 0 Å². The van der Waals surface area contributed by atoms with E-state index in [2.05, 4.69) is 41.4 Å². The number of piperidine rings is 1. The first-order valence-corrected chi connectivity index (χ1v) is 10.7. The number of nitrogen functional groups attached to an aromatic ring is 1. The van der Waals surface area contributed by atoms with Crippen LogP contribution in [0, 0.1) is 0 Å². The summed E-state index contributed by atoms with van der Waals surface area (Å²) in [5.74, 6) is 7.42. The van der Waals surface area contributed by atoms with Crippen LogP contribution in [-0.2, 0) is 11.2 Å². The zero-order valence-electron chi connectivity index (χ0n) is 16.0. The standard InChI is InChI=1S/C21H25N5OS/c1-15-7-4-5-12-25(15)20(27)14-28-21-24-23-19(26(21)22)13-17-10-6-9-16-8-2-3-11-18(16)17/h2-3,6,8-11,15H,4-5,7,12-14,22H2,1H3/t15-/m1/s1. The number of fused-ring (bicyclic) bond motifs is 1. The van der Waals surface area contributed by atoms with Crippen molar-refractivity contribution in [1.82, 2.24) is 19.8 Å². The van der Waals surface area contributed by atoms with Crippen LogP contribution in [0.2, 0.25) is 0 Å². The Morgan fingerprint density at radius 3 is 2.86 bits per heavy atom. The lowest BCUT2D eigenvalue weighted by atomic mass is 10.0. The molecule has 1 aliphatic heterocycles. The molecule has 2 aromatic carbocycles. The lowest BCUT2D eigenvalue weighted by Gasteiger charge is -2.33. The van der Waals surface area contributed by atoms with Gasteiger partial charge in [0.2, 0.25) is 11.1 Å². The van der Waals surface area contributed by atoms with Gasteiger partial charge in [-0.3, -0.25) is 4.79 Å². The van der Waals surface area contributed by atoms with Gasteiger partial charge in [0.25, 0.3) is 0 Å². The molecule has 0 unspecified atom stereocenters. The Kier molecular flexibility index (Phi) is 5.52.